The highest BCUT2D eigenvalue weighted by Crippen LogP contribution is 2.40. The fourth-order valence-corrected chi connectivity index (χ4v) is 5.65. The van der Waals surface area contributed by atoms with E-state index in [1.807, 2.05) is 29.2 Å². The van der Waals surface area contributed by atoms with Gasteiger partial charge in [0.25, 0.3) is 5.91 Å². The number of anilines is 2. The van der Waals surface area contributed by atoms with Crippen LogP contribution in [0.1, 0.15) is 25.7 Å². The molecule has 5 rings (SSSR count). The minimum atomic E-state index is -0.880. The number of thioether (sulfide) groups is 1. The summed E-state index contributed by atoms with van der Waals surface area (Å²) in [5.41, 5.74) is 1.20. The Balaban J connectivity index is 1.33. The number of carbonyl (C=O) groups is 3. The second kappa shape index (κ2) is 9.97. The van der Waals surface area contributed by atoms with Crippen LogP contribution in [0.3, 0.4) is 0 Å². The van der Waals surface area contributed by atoms with E-state index in [0.29, 0.717) is 49.2 Å². The first-order valence-electron chi connectivity index (χ1n) is 11.7. The summed E-state index contributed by atoms with van der Waals surface area (Å²) in [5.74, 6) is 0.339. The van der Waals surface area contributed by atoms with Gasteiger partial charge in [0, 0.05) is 29.7 Å². The predicted molar refractivity (Wildman–Crippen MR) is 130 cm³/mol. The number of hydrogen-bond acceptors (Lipinski definition) is 6. The van der Waals surface area contributed by atoms with Gasteiger partial charge in [0.05, 0.1) is 5.69 Å². The van der Waals surface area contributed by atoms with Crippen molar-refractivity contribution in [2.45, 2.75) is 35.8 Å². The van der Waals surface area contributed by atoms with Gasteiger partial charge in [-0.25, -0.2) is 0 Å². The van der Waals surface area contributed by atoms with Gasteiger partial charge < -0.3 is 24.6 Å². The number of hydrogen-bond donors (Lipinski definition) is 1. The summed E-state index contributed by atoms with van der Waals surface area (Å²) in [6.07, 6.45) is 4.11. The molecule has 0 spiro atoms. The highest BCUT2D eigenvalue weighted by molar-refractivity contribution is 8.01. The molecule has 3 aliphatic heterocycles. The van der Waals surface area contributed by atoms with Crippen molar-refractivity contribution in [3.8, 4) is 11.5 Å². The number of nitrogens with one attached hydrogen (secondary N) is 1. The first-order valence-corrected chi connectivity index (χ1v) is 12.5. The third kappa shape index (κ3) is 4.70. The van der Waals surface area contributed by atoms with Gasteiger partial charge in [-0.05, 0) is 37.1 Å². The van der Waals surface area contributed by atoms with Gasteiger partial charge in [0.1, 0.15) is 19.8 Å². The molecule has 0 aliphatic carbocycles. The van der Waals surface area contributed by atoms with Crippen LogP contribution >= 0.6 is 11.8 Å². The van der Waals surface area contributed by atoms with Crippen LogP contribution in [0.15, 0.2) is 47.4 Å². The standard InChI is InChI=1S/C25H27N3O5S/c29-22(26-17-9-10-19-20(15-17)33-14-13-32-19)16-28-18-7-3-4-8-21(18)34-23(25(28)31)24(30)27-11-5-1-2-6-12-27/h3-4,7-10,15,23H,1-2,5-6,11-14,16H2,(H,26,29)/t23-/m1/s1. The van der Waals surface area contributed by atoms with Crippen LogP contribution in [0.5, 0.6) is 11.5 Å². The normalized spacial score (nSPS) is 19.8. The Labute approximate surface area is 202 Å². The smallest absolute Gasteiger partial charge is 0.250 e. The molecule has 2 aromatic carbocycles. The van der Waals surface area contributed by atoms with E-state index in [4.69, 9.17) is 9.47 Å². The van der Waals surface area contributed by atoms with Crippen molar-refractivity contribution in [1.29, 1.82) is 0 Å². The quantitative estimate of drug-likeness (QED) is 0.675. The molecule has 8 nitrogen and oxygen atoms in total. The Hall–Kier alpha value is -3.20. The first kappa shape index (κ1) is 22.6. The van der Waals surface area contributed by atoms with E-state index in [-0.39, 0.29) is 24.3 Å². The van der Waals surface area contributed by atoms with Gasteiger partial charge >= 0.3 is 0 Å². The van der Waals surface area contributed by atoms with Crippen molar-refractivity contribution in [3.05, 3.63) is 42.5 Å². The number of benzene rings is 2. The highest BCUT2D eigenvalue weighted by Gasteiger charge is 2.40. The molecule has 1 fully saturated rings. The Morgan fingerprint density at radius 3 is 2.50 bits per heavy atom. The minimum absolute atomic E-state index is 0.163. The monoisotopic (exact) mass is 481 g/mol. The summed E-state index contributed by atoms with van der Waals surface area (Å²) in [6, 6.07) is 12.6. The molecule has 3 aliphatic rings. The molecule has 1 atom stereocenters. The van der Waals surface area contributed by atoms with Gasteiger partial charge in [-0.15, -0.1) is 11.8 Å². The topological polar surface area (TPSA) is 88.2 Å². The Kier molecular flexibility index (Phi) is 6.62. The summed E-state index contributed by atoms with van der Waals surface area (Å²) in [7, 11) is 0. The van der Waals surface area contributed by atoms with Crippen molar-refractivity contribution in [2.24, 2.45) is 0 Å². The van der Waals surface area contributed by atoms with Crippen LogP contribution in [-0.2, 0) is 14.4 Å². The maximum atomic E-state index is 13.5. The lowest BCUT2D eigenvalue weighted by Gasteiger charge is -2.34. The van der Waals surface area contributed by atoms with Crippen molar-refractivity contribution in [2.75, 3.05) is 43.1 Å². The summed E-state index contributed by atoms with van der Waals surface area (Å²) in [4.78, 5) is 43.8. The van der Waals surface area contributed by atoms with Gasteiger partial charge in [-0.2, -0.15) is 0 Å². The maximum Gasteiger partial charge on any atom is 0.250 e. The van der Waals surface area contributed by atoms with Crippen molar-refractivity contribution >= 4 is 40.9 Å². The SMILES string of the molecule is O=C(CN1C(=O)[C@@H](C(=O)N2CCCCCC2)Sc2ccccc21)Nc1ccc2c(c1)OCCO2. The van der Waals surface area contributed by atoms with E-state index in [1.54, 1.807) is 18.2 Å². The molecule has 1 N–H and O–H groups in total. The molecule has 0 radical (unpaired) electrons. The van der Waals surface area contributed by atoms with Crippen LogP contribution in [0.4, 0.5) is 11.4 Å². The van der Waals surface area contributed by atoms with Crippen molar-refractivity contribution in [3.63, 3.8) is 0 Å². The molecule has 0 unspecified atom stereocenters. The Bertz CT molecular complexity index is 1100. The molecule has 3 heterocycles. The zero-order valence-corrected chi connectivity index (χ0v) is 19.6. The fourth-order valence-electron chi connectivity index (χ4n) is 4.46. The van der Waals surface area contributed by atoms with Gasteiger partial charge in [0.2, 0.25) is 11.8 Å². The van der Waals surface area contributed by atoms with Gasteiger partial charge in [-0.3, -0.25) is 14.4 Å². The molecule has 0 bridgehead atoms. The molecular weight excluding hydrogens is 454 g/mol. The van der Waals surface area contributed by atoms with E-state index in [1.165, 1.54) is 16.7 Å². The Morgan fingerprint density at radius 1 is 0.971 bits per heavy atom. The number of para-hydroxylation sites is 1. The average molecular weight is 482 g/mol. The van der Waals surface area contributed by atoms with E-state index in [0.717, 1.165) is 30.6 Å². The molecule has 34 heavy (non-hydrogen) atoms. The number of nitrogens with zero attached hydrogens (tertiary/aromatic N) is 2. The first-order chi connectivity index (χ1) is 16.6. The van der Waals surface area contributed by atoms with Crippen LogP contribution < -0.4 is 19.7 Å². The number of likely N-dealkylation sites (tertiary alicyclic amines) is 1. The van der Waals surface area contributed by atoms with Gasteiger partial charge in [-0.1, -0.05) is 25.0 Å². The largest absolute Gasteiger partial charge is 0.486 e. The number of fused-ring (bicyclic) bond motifs is 2. The van der Waals surface area contributed by atoms with Gasteiger partial charge in [0.15, 0.2) is 16.7 Å². The molecule has 178 valence electrons. The lowest BCUT2D eigenvalue weighted by atomic mass is 10.2. The summed E-state index contributed by atoms with van der Waals surface area (Å²) >= 11 is 1.28. The van der Waals surface area contributed by atoms with Crippen LogP contribution in [-0.4, -0.2) is 60.7 Å². The van der Waals surface area contributed by atoms with E-state index >= 15 is 0 Å². The van der Waals surface area contributed by atoms with Crippen molar-refractivity contribution in [1.82, 2.24) is 4.90 Å². The summed E-state index contributed by atoms with van der Waals surface area (Å²) in [5, 5.41) is 1.96. The second-order valence-electron chi connectivity index (χ2n) is 8.54. The number of amides is 3. The number of ether oxygens (including phenoxy) is 2. The van der Waals surface area contributed by atoms with E-state index < -0.39 is 5.25 Å². The molecular formula is C25H27N3O5S. The zero-order valence-electron chi connectivity index (χ0n) is 18.8. The lowest BCUT2D eigenvalue weighted by molar-refractivity contribution is -0.135. The number of carbonyl (C=O) groups excluding carboxylic acids is 3. The van der Waals surface area contributed by atoms with E-state index in [9.17, 15) is 14.4 Å². The Morgan fingerprint density at radius 2 is 1.71 bits per heavy atom. The fraction of sp³-hybridized carbons (Fsp3) is 0.400. The minimum Gasteiger partial charge on any atom is -0.486 e. The van der Waals surface area contributed by atoms with E-state index in [2.05, 4.69) is 5.32 Å². The number of rotatable bonds is 4. The molecule has 9 heteroatoms. The maximum absolute atomic E-state index is 13.5. The lowest BCUT2D eigenvalue weighted by Crippen LogP contribution is -2.51. The molecule has 2 aromatic rings. The molecule has 1 saturated heterocycles. The van der Waals surface area contributed by atoms with Crippen LogP contribution in [0, 0.1) is 0 Å². The molecule has 0 aromatic heterocycles. The highest BCUT2D eigenvalue weighted by atomic mass is 32.2. The van der Waals surface area contributed by atoms with Crippen LogP contribution in [0.25, 0.3) is 0 Å². The second-order valence-corrected chi connectivity index (χ2v) is 9.68. The summed E-state index contributed by atoms with van der Waals surface area (Å²) < 4.78 is 11.1. The third-order valence-corrected chi connectivity index (χ3v) is 7.40. The predicted octanol–water partition coefficient (Wildman–Crippen LogP) is 3.31. The molecule has 0 saturated carbocycles. The third-order valence-electron chi connectivity index (χ3n) is 6.16. The van der Waals surface area contributed by atoms with Crippen molar-refractivity contribution < 1.29 is 23.9 Å². The average Bonchev–Trinajstić information content (AvgIpc) is 3.15. The zero-order chi connectivity index (χ0) is 23.5. The summed E-state index contributed by atoms with van der Waals surface area (Å²) in [6.45, 7) is 2.11. The van der Waals surface area contributed by atoms with Crippen LogP contribution in [0.2, 0.25) is 0 Å². The molecule has 3 amide bonds.